The molecule has 0 saturated heterocycles. The first-order chi connectivity index (χ1) is 8.29. The Bertz CT molecular complexity index is 502. The van der Waals surface area contributed by atoms with E-state index < -0.39 is 0 Å². The van der Waals surface area contributed by atoms with E-state index in [0.717, 1.165) is 17.7 Å². The fraction of sp³-hybridized carbons (Fsp3) is 0.154. The molecule has 0 aliphatic rings. The predicted octanol–water partition coefficient (Wildman–Crippen LogP) is 4.03. The smallest absolute Gasteiger partial charge is 0.180 e. The van der Waals surface area contributed by atoms with E-state index in [0.29, 0.717) is 11.0 Å². The van der Waals surface area contributed by atoms with Gasteiger partial charge in [-0.3, -0.25) is 0 Å². The summed E-state index contributed by atoms with van der Waals surface area (Å²) >= 11 is 7.06. The Labute approximate surface area is 110 Å². The average molecular weight is 265 g/mol. The summed E-state index contributed by atoms with van der Waals surface area (Å²) in [7, 11) is 0. The van der Waals surface area contributed by atoms with Crippen molar-refractivity contribution in [1.82, 2.24) is 4.98 Å². The van der Waals surface area contributed by atoms with E-state index >= 15 is 0 Å². The summed E-state index contributed by atoms with van der Waals surface area (Å²) in [6.07, 6.45) is 5.04. The molecule has 4 heteroatoms. The number of hydrogen-bond donors (Lipinski definition) is 1. The second-order valence-electron chi connectivity index (χ2n) is 3.57. The number of nitrogen functional groups attached to an aromatic ring is 1. The SMILES string of the molecule is Nc1nc(-c2ccc(C=CCCCl)cc2)cs1. The fourth-order valence-electron chi connectivity index (χ4n) is 1.47. The Morgan fingerprint density at radius 1 is 1.29 bits per heavy atom. The van der Waals surface area contributed by atoms with Crippen LogP contribution in [0.15, 0.2) is 35.7 Å². The zero-order chi connectivity index (χ0) is 12.1. The van der Waals surface area contributed by atoms with Crippen LogP contribution in [0.4, 0.5) is 5.13 Å². The molecule has 0 unspecified atom stereocenters. The number of aromatic nitrogens is 1. The predicted molar refractivity (Wildman–Crippen MR) is 76.3 cm³/mol. The summed E-state index contributed by atoms with van der Waals surface area (Å²) in [5.74, 6) is 0.659. The minimum atomic E-state index is 0.603. The van der Waals surface area contributed by atoms with Crippen LogP contribution >= 0.6 is 22.9 Å². The number of thiazole rings is 1. The van der Waals surface area contributed by atoms with Crippen molar-refractivity contribution in [2.45, 2.75) is 6.42 Å². The molecule has 0 bridgehead atoms. The largest absolute Gasteiger partial charge is 0.375 e. The molecular weight excluding hydrogens is 252 g/mol. The van der Waals surface area contributed by atoms with Crippen molar-refractivity contribution in [3.8, 4) is 11.3 Å². The Balaban J connectivity index is 2.13. The highest BCUT2D eigenvalue weighted by Gasteiger charge is 2.01. The Morgan fingerprint density at radius 2 is 2.06 bits per heavy atom. The molecule has 88 valence electrons. The van der Waals surface area contributed by atoms with Gasteiger partial charge in [0.1, 0.15) is 0 Å². The number of rotatable bonds is 4. The monoisotopic (exact) mass is 264 g/mol. The number of hydrogen-bond acceptors (Lipinski definition) is 3. The summed E-state index contributed by atoms with van der Waals surface area (Å²) in [5.41, 5.74) is 8.80. The van der Waals surface area contributed by atoms with Crippen molar-refractivity contribution in [1.29, 1.82) is 0 Å². The van der Waals surface area contributed by atoms with Crippen LogP contribution in [0.3, 0.4) is 0 Å². The van der Waals surface area contributed by atoms with Crippen LogP contribution in [0.2, 0.25) is 0 Å². The molecular formula is C13H13ClN2S. The van der Waals surface area contributed by atoms with Crippen molar-refractivity contribution < 1.29 is 0 Å². The van der Waals surface area contributed by atoms with Gasteiger partial charge in [0.05, 0.1) is 5.69 Å². The summed E-state index contributed by atoms with van der Waals surface area (Å²) in [6, 6.07) is 8.23. The van der Waals surface area contributed by atoms with Gasteiger partial charge < -0.3 is 5.73 Å². The first kappa shape index (κ1) is 12.1. The van der Waals surface area contributed by atoms with Crippen LogP contribution in [0.25, 0.3) is 17.3 Å². The summed E-state index contributed by atoms with van der Waals surface area (Å²) < 4.78 is 0. The number of benzene rings is 1. The zero-order valence-corrected chi connectivity index (χ0v) is 10.8. The molecule has 1 heterocycles. The normalized spacial score (nSPS) is 11.1. The molecule has 0 radical (unpaired) electrons. The maximum atomic E-state index is 5.61. The standard InChI is InChI=1S/C13H13ClN2S/c14-8-2-1-3-10-4-6-11(7-5-10)12-9-17-13(15)16-12/h1,3-7,9H,2,8H2,(H2,15,16). The molecule has 2 nitrogen and oxygen atoms in total. The lowest BCUT2D eigenvalue weighted by atomic mass is 10.1. The van der Waals surface area contributed by atoms with Gasteiger partial charge in [0, 0.05) is 16.8 Å². The van der Waals surface area contributed by atoms with Crippen LogP contribution in [0.5, 0.6) is 0 Å². The van der Waals surface area contributed by atoms with Gasteiger partial charge in [-0.05, 0) is 12.0 Å². The quantitative estimate of drug-likeness (QED) is 0.847. The van der Waals surface area contributed by atoms with E-state index in [2.05, 4.69) is 41.4 Å². The van der Waals surface area contributed by atoms with Gasteiger partial charge in [0.2, 0.25) is 0 Å². The van der Waals surface area contributed by atoms with Crippen molar-refractivity contribution in [2.24, 2.45) is 0 Å². The molecule has 0 fully saturated rings. The fourth-order valence-corrected chi connectivity index (χ4v) is 2.17. The number of nitrogens with zero attached hydrogens (tertiary/aromatic N) is 1. The van der Waals surface area contributed by atoms with E-state index in [9.17, 15) is 0 Å². The van der Waals surface area contributed by atoms with Gasteiger partial charge in [-0.25, -0.2) is 4.98 Å². The van der Waals surface area contributed by atoms with E-state index in [1.54, 1.807) is 0 Å². The lowest BCUT2D eigenvalue weighted by molar-refractivity contribution is 1.24. The van der Waals surface area contributed by atoms with E-state index in [-0.39, 0.29) is 0 Å². The zero-order valence-electron chi connectivity index (χ0n) is 9.27. The Morgan fingerprint density at radius 3 is 2.65 bits per heavy atom. The maximum absolute atomic E-state index is 5.61. The van der Waals surface area contributed by atoms with Crippen LogP contribution in [-0.4, -0.2) is 10.9 Å². The van der Waals surface area contributed by atoms with Crippen molar-refractivity contribution in [3.05, 3.63) is 41.3 Å². The Kier molecular flexibility index (Phi) is 4.18. The minimum Gasteiger partial charge on any atom is -0.375 e. The molecule has 0 saturated carbocycles. The molecule has 2 rings (SSSR count). The third-order valence-corrected chi connectivity index (χ3v) is 3.21. The van der Waals surface area contributed by atoms with Crippen LogP contribution in [-0.2, 0) is 0 Å². The molecule has 17 heavy (non-hydrogen) atoms. The van der Waals surface area contributed by atoms with Gasteiger partial charge in [0.15, 0.2) is 5.13 Å². The third-order valence-electron chi connectivity index (χ3n) is 2.31. The highest BCUT2D eigenvalue weighted by molar-refractivity contribution is 7.13. The van der Waals surface area contributed by atoms with Gasteiger partial charge in [-0.1, -0.05) is 36.4 Å². The highest BCUT2D eigenvalue weighted by Crippen LogP contribution is 2.23. The van der Waals surface area contributed by atoms with Gasteiger partial charge >= 0.3 is 0 Å². The van der Waals surface area contributed by atoms with E-state index in [1.807, 2.05) is 5.38 Å². The third kappa shape index (κ3) is 3.32. The van der Waals surface area contributed by atoms with Crippen LogP contribution in [0, 0.1) is 0 Å². The van der Waals surface area contributed by atoms with Crippen LogP contribution in [0.1, 0.15) is 12.0 Å². The lowest BCUT2D eigenvalue weighted by Crippen LogP contribution is -1.83. The highest BCUT2D eigenvalue weighted by atomic mass is 35.5. The molecule has 0 aliphatic heterocycles. The number of allylic oxidation sites excluding steroid dienone is 1. The summed E-state index contributed by atoms with van der Waals surface area (Å²) in [6.45, 7) is 0. The number of halogens is 1. The van der Waals surface area contributed by atoms with Gasteiger partial charge in [-0.15, -0.1) is 22.9 Å². The second kappa shape index (κ2) is 5.84. The van der Waals surface area contributed by atoms with Crippen LogP contribution < -0.4 is 5.73 Å². The molecule has 1 aromatic carbocycles. The second-order valence-corrected chi connectivity index (χ2v) is 4.84. The molecule has 2 N–H and O–H groups in total. The number of anilines is 1. The number of alkyl halides is 1. The average Bonchev–Trinajstić information content (AvgIpc) is 2.77. The molecule has 0 spiro atoms. The van der Waals surface area contributed by atoms with Gasteiger partial charge in [-0.2, -0.15) is 0 Å². The molecule has 2 aromatic rings. The summed E-state index contributed by atoms with van der Waals surface area (Å²) in [4.78, 5) is 4.25. The molecule has 0 aliphatic carbocycles. The molecule has 0 atom stereocenters. The summed E-state index contributed by atoms with van der Waals surface area (Å²) in [5, 5.41) is 2.57. The van der Waals surface area contributed by atoms with Crippen molar-refractivity contribution in [2.75, 3.05) is 11.6 Å². The Hall–Kier alpha value is -1.32. The topological polar surface area (TPSA) is 38.9 Å². The van der Waals surface area contributed by atoms with E-state index in [1.165, 1.54) is 16.9 Å². The number of nitrogens with two attached hydrogens (primary N) is 1. The molecule has 1 aromatic heterocycles. The minimum absolute atomic E-state index is 0.603. The maximum Gasteiger partial charge on any atom is 0.180 e. The van der Waals surface area contributed by atoms with Crippen molar-refractivity contribution >= 4 is 34.1 Å². The molecule has 0 amide bonds. The lowest BCUT2D eigenvalue weighted by Gasteiger charge is -1.97. The van der Waals surface area contributed by atoms with Gasteiger partial charge in [0.25, 0.3) is 0 Å². The first-order valence-corrected chi connectivity index (χ1v) is 6.75. The van der Waals surface area contributed by atoms with E-state index in [4.69, 9.17) is 17.3 Å². The first-order valence-electron chi connectivity index (χ1n) is 5.33. The van der Waals surface area contributed by atoms with Crippen molar-refractivity contribution in [3.63, 3.8) is 0 Å².